The van der Waals surface area contributed by atoms with Crippen LogP contribution in [0.1, 0.15) is 18.4 Å². The van der Waals surface area contributed by atoms with Crippen LogP contribution in [0.5, 0.6) is 6.01 Å². The molecular weight excluding hydrogens is 569 g/mol. The monoisotopic (exact) mass is 594 g/mol. The molecule has 0 saturated heterocycles. The van der Waals surface area contributed by atoms with Gasteiger partial charge in [-0.25, -0.2) is 0 Å². The molecule has 3 aromatic carbocycles. The van der Waals surface area contributed by atoms with E-state index in [9.17, 15) is 21.6 Å². The maximum absolute atomic E-state index is 12.8. The molecule has 0 radical (unpaired) electrons. The predicted molar refractivity (Wildman–Crippen MR) is 152 cm³/mol. The SMILES string of the molecule is FC(F)(F)c1ccc(Nc2cc(-c3ccc4cccnc4c3)nc(OCC3CC3)n2)cc1.O=S(=O)(O)c1ccccc1. The number of halogens is 3. The Morgan fingerprint density at radius 2 is 1.64 bits per heavy atom. The molecule has 2 heterocycles. The lowest BCUT2D eigenvalue weighted by molar-refractivity contribution is -0.137. The van der Waals surface area contributed by atoms with E-state index in [4.69, 9.17) is 9.29 Å². The zero-order valence-electron chi connectivity index (χ0n) is 22.0. The summed E-state index contributed by atoms with van der Waals surface area (Å²) in [5.41, 5.74) is 2.08. The number of rotatable bonds is 7. The molecule has 1 fully saturated rings. The van der Waals surface area contributed by atoms with Crippen LogP contribution in [0.25, 0.3) is 22.2 Å². The molecule has 0 atom stereocenters. The second-order valence-corrected chi connectivity index (χ2v) is 11.0. The minimum atomic E-state index is -4.38. The van der Waals surface area contributed by atoms with Crippen LogP contribution in [0.3, 0.4) is 0 Å². The molecule has 12 heteroatoms. The third-order valence-electron chi connectivity index (χ3n) is 6.28. The zero-order chi connectivity index (χ0) is 29.7. The van der Waals surface area contributed by atoms with Crippen LogP contribution >= 0.6 is 0 Å². The Balaban J connectivity index is 0.000000300. The number of pyridine rings is 1. The van der Waals surface area contributed by atoms with Crippen molar-refractivity contribution >= 4 is 32.5 Å². The van der Waals surface area contributed by atoms with Crippen molar-refractivity contribution in [2.45, 2.75) is 23.9 Å². The average molecular weight is 595 g/mol. The quantitative estimate of drug-likeness (QED) is 0.191. The second kappa shape index (κ2) is 12.1. The molecule has 1 aliphatic carbocycles. The summed E-state index contributed by atoms with van der Waals surface area (Å²) in [5.74, 6) is 0.958. The van der Waals surface area contributed by atoms with Gasteiger partial charge < -0.3 is 10.1 Å². The molecule has 216 valence electrons. The third-order valence-corrected chi connectivity index (χ3v) is 7.15. The number of alkyl halides is 3. The van der Waals surface area contributed by atoms with Crippen LogP contribution in [0.2, 0.25) is 0 Å². The summed E-state index contributed by atoms with van der Waals surface area (Å²) in [4.78, 5) is 13.3. The maximum Gasteiger partial charge on any atom is 0.416 e. The number of nitrogens with zero attached hydrogens (tertiary/aromatic N) is 3. The number of nitrogens with one attached hydrogen (secondary N) is 1. The smallest absolute Gasteiger partial charge is 0.416 e. The van der Waals surface area contributed by atoms with Gasteiger partial charge in [0.25, 0.3) is 10.1 Å². The largest absolute Gasteiger partial charge is 0.463 e. The summed E-state index contributed by atoms with van der Waals surface area (Å²) in [6, 6.07) is 23.9. The molecule has 6 rings (SSSR count). The summed E-state index contributed by atoms with van der Waals surface area (Å²) in [7, 11) is -4.00. The van der Waals surface area contributed by atoms with Gasteiger partial charge >= 0.3 is 12.2 Å². The second-order valence-electron chi connectivity index (χ2n) is 9.57. The van der Waals surface area contributed by atoms with Gasteiger partial charge in [-0.2, -0.15) is 31.6 Å². The number of anilines is 2. The maximum atomic E-state index is 12.8. The number of fused-ring (bicyclic) bond motifs is 1. The van der Waals surface area contributed by atoms with E-state index in [2.05, 4.69) is 20.3 Å². The van der Waals surface area contributed by atoms with Gasteiger partial charge in [-0.3, -0.25) is 9.54 Å². The van der Waals surface area contributed by atoms with Crippen LogP contribution in [0.15, 0.2) is 102 Å². The summed E-state index contributed by atoms with van der Waals surface area (Å²) in [6.45, 7) is 0.544. The fraction of sp³-hybridized carbons (Fsp3) is 0.167. The Hall–Kier alpha value is -4.55. The van der Waals surface area contributed by atoms with E-state index in [1.807, 2.05) is 30.3 Å². The highest BCUT2D eigenvalue weighted by Gasteiger charge is 2.30. The molecule has 8 nitrogen and oxygen atoms in total. The van der Waals surface area contributed by atoms with E-state index >= 15 is 0 Å². The number of benzene rings is 3. The summed E-state index contributed by atoms with van der Waals surface area (Å²) in [6.07, 6.45) is -0.387. The van der Waals surface area contributed by atoms with Crippen LogP contribution < -0.4 is 10.1 Å². The van der Waals surface area contributed by atoms with E-state index in [-0.39, 0.29) is 10.9 Å². The lowest BCUT2D eigenvalue weighted by Gasteiger charge is -2.12. The first-order valence-electron chi connectivity index (χ1n) is 12.9. The minimum Gasteiger partial charge on any atom is -0.463 e. The van der Waals surface area contributed by atoms with Crippen molar-refractivity contribution in [3.8, 4) is 17.3 Å². The molecule has 0 bridgehead atoms. The Labute approximate surface area is 240 Å². The molecule has 42 heavy (non-hydrogen) atoms. The van der Waals surface area contributed by atoms with Gasteiger partial charge in [-0.05, 0) is 67.3 Å². The normalized spacial score (nSPS) is 13.2. The van der Waals surface area contributed by atoms with Crippen LogP contribution in [0.4, 0.5) is 24.7 Å². The number of aromatic nitrogens is 3. The molecule has 1 aliphatic rings. The molecule has 5 aromatic rings. The lowest BCUT2D eigenvalue weighted by Crippen LogP contribution is -2.06. The Morgan fingerprint density at radius 3 is 2.29 bits per heavy atom. The fourth-order valence-electron chi connectivity index (χ4n) is 3.89. The molecule has 0 amide bonds. The van der Waals surface area contributed by atoms with Crippen LogP contribution in [0, 0.1) is 5.92 Å². The Kier molecular flexibility index (Phi) is 8.36. The van der Waals surface area contributed by atoms with Crippen LogP contribution in [-0.2, 0) is 16.3 Å². The predicted octanol–water partition coefficient (Wildman–Crippen LogP) is 7.18. The van der Waals surface area contributed by atoms with Gasteiger partial charge in [-0.1, -0.05) is 36.4 Å². The highest BCUT2D eigenvalue weighted by Crippen LogP contribution is 2.32. The summed E-state index contributed by atoms with van der Waals surface area (Å²) >= 11 is 0. The van der Waals surface area contributed by atoms with Crippen molar-refractivity contribution in [3.63, 3.8) is 0 Å². The van der Waals surface area contributed by atoms with Crippen molar-refractivity contribution in [3.05, 3.63) is 103 Å². The lowest BCUT2D eigenvalue weighted by atomic mass is 10.1. The molecule has 0 spiro atoms. The van der Waals surface area contributed by atoms with E-state index in [0.717, 1.165) is 41.4 Å². The fourth-order valence-corrected chi connectivity index (χ4v) is 4.39. The molecule has 2 N–H and O–H groups in total. The van der Waals surface area contributed by atoms with Gasteiger partial charge in [0.15, 0.2) is 0 Å². The van der Waals surface area contributed by atoms with Crippen molar-refractivity contribution in [1.29, 1.82) is 0 Å². The summed E-state index contributed by atoms with van der Waals surface area (Å²) in [5, 5.41) is 4.07. The van der Waals surface area contributed by atoms with Crippen molar-refractivity contribution in [2.24, 2.45) is 5.92 Å². The highest BCUT2D eigenvalue weighted by molar-refractivity contribution is 7.85. The first-order chi connectivity index (χ1) is 20.0. The number of hydrogen-bond donors (Lipinski definition) is 2. The zero-order valence-corrected chi connectivity index (χ0v) is 22.8. The molecule has 2 aromatic heterocycles. The van der Waals surface area contributed by atoms with Crippen molar-refractivity contribution in [1.82, 2.24) is 15.0 Å². The van der Waals surface area contributed by atoms with Gasteiger partial charge in [0.2, 0.25) is 0 Å². The van der Waals surface area contributed by atoms with Crippen molar-refractivity contribution < 1.29 is 30.9 Å². The van der Waals surface area contributed by atoms with E-state index < -0.39 is 21.9 Å². The first kappa shape index (κ1) is 29.0. The standard InChI is InChI=1S/C24H19F3N4O.C6H6O3S/c25-24(26,27)18-7-9-19(10-8-18)29-22-13-21(30-23(31-22)32-14-15-3-4-15)17-6-5-16-2-1-11-28-20(16)12-17;7-10(8,9)6-4-2-1-3-5-6/h1-2,5-13,15H,3-4,14H2,(H,29,30,31);1-5H,(H,7,8,9). The van der Waals surface area contributed by atoms with Gasteiger partial charge in [-0.15, -0.1) is 0 Å². The molecule has 0 unspecified atom stereocenters. The Bertz CT molecular complexity index is 1780. The van der Waals surface area contributed by atoms with Gasteiger partial charge in [0, 0.05) is 28.9 Å². The van der Waals surface area contributed by atoms with Gasteiger partial charge in [0.1, 0.15) is 5.82 Å². The number of hydrogen-bond acceptors (Lipinski definition) is 7. The van der Waals surface area contributed by atoms with Crippen molar-refractivity contribution in [2.75, 3.05) is 11.9 Å². The topological polar surface area (TPSA) is 114 Å². The van der Waals surface area contributed by atoms with Gasteiger partial charge in [0.05, 0.1) is 28.3 Å². The average Bonchev–Trinajstić information content (AvgIpc) is 3.81. The van der Waals surface area contributed by atoms with E-state index in [0.29, 0.717) is 29.7 Å². The first-order valence-corrected chi connectivity index (χ1v) is 14.3. The third kappa shape index (κ3) is 7.80. The Morgan fingerprint density at radius 1 is 0.905 bits per heavy atom. The van der Waals surface area contributed by atoms with E-state index in [1.165, 1.54) is 24.3 Å². The highest BCUT2D eigenvalue weighted by atomic mass is 32.2. The number of ether oxygens (including phenoxy) is 1. The van der Waals surface area contributed by atoms with E-state index in [1.54, 1.807) is 30.5 Å². The molecule has 1 saturated carbocycles. The van der Waals surface area contributed by atoms with Crippen LogP contribution in [-0.4, -0.2) is 34.5 Å². The summed E-state index contributed by atoms with van der Waals surface area (Å²) < 4.78 is 73.6. The minimum absolute atomic E-state index is 0.0741. The molecule has 0 aliphatic heterocycles. The molecular formula is C30H25F3N4O4S.